The van der Waals surface area contributed by atoms with Crippen molar-refractivity contribution in [3.05, 3.63) is 34.1 Å². The number of carbonyl (C=O) groups is 1. The van der Waals surface area contributed by atoms with E-state index in [0.717, 1.165) is 18.9 Å². The molecule has 0 bridgehead atoms. The number of carbonyl (C=O) groups excluding carboxylic acids is 1. The van der Waals surface area contributed by atoms with Gasteiger partial charge >= 0.3 is 0 Å². The quantitative estimate of drug-likeness (QED) is 0.623. The van der Waals surface area contributed by atoms with Gasteiger partial charge in [-0.05, 0) is 18.9 Å². The van der Waals surface area contributed by atoms with Gasteiger partial charge in [0.2, 0.25) is 0 Å². The van der Waals surface area contributed by atoms with Gasteiger partial charge in [0.25, 0.3) is 11.6 Å². The fourth-order valence-electron chi connectivity index (χ4n) is 3.05. The van der Waals surface area contributed by atoms with Gasteiger partial charge in [-0.2, -0.15) is 0 Å². The van der Waals surface area contributed by atoms with E-state index in [4.69, 9.17) is 4.74 Å². The van der Waals surface area contributed by atoms with E-state index >= 15 is 0 Å². The summed E-state index contributed by atoms with van der Waals surface area (Å²) in [5, 5.41) is 11.1. The smallest absolute Gasteiger partial charge is 0.292 e. The molecule has 1 unspecified atom stereocenters. The van der Waals surface area contributed by atoms with Gasteiger partial charge in [-0.25, -0.2) is 4.39 Å². The number of benzene rings is 1. The summed E-state index contributed by atoms with van der Waals surface area (Å²) in [7, 11) is 0. The SMILES string of the molecule is O=C(C1CCCO1)N1CCN(c2cc(F)ccc2[N+](=O)[O-])CC1. The number of ether oxygens (including phenoxy) is 1. The molecule has 0 spiro atoms. The summed E-state index contributed by atoms with van der Waals surface area (Å²) in [5.74, 6) is -0.528. The number of hydrogen-bond donors (Lipinski definition) is 0. The van der Waals surface area contributed by atoms with Crippen molar-refractivity contribution in [1.82, 2.24) is 4.90 Å². The summed E-state index contributed by atoms with van der Waals surface area (Å²) >= 11 is 0. The molecule has 8 heteroatoms. The minimum absolute atomic E-state index is 0.0177. The number of nitrogens with zero attached hydrogens (tertiary/aromatic N) is 3. The molecule has 1 atom stereocenters. The Labute approximate surface area is 132 Å². The third kappa shape index (κ3) is 3.26. The van der Waals surface area contributed by atoms with Crippen LogP contribution in [0.4, 0.5) is 15.8 Å². The van der Waals surface area contributed by atoms with E-state index in [1.165, 1.54) is 12.1 Å². The van der Waals surface area contributed by atoms with Gasteiger partial charge in [-0.15, -0.1) is 0 Å². The molecule has 2 aliphatic rings. The van der Waals surface area contributed by atoms with Gasteiger partial charge in [0.15, 0.2) is 0 Å². The first kappa shape index (κ1) is 15.7. The second-order valence-electron chi connectivity index (χ2n) is 5.70. The van der Waals surface area contributed by atoms with E-state index in [1.807, 2.05) is 0 Å². The average Bonchev–Trinajstić information content (AvgIpc) is 3.08. The lowest BCUT2D eigenvalue weighted by atomic mass is 10.1. The first-order chi connectivity index (χ1) is 11.1. The minimum Gasteiger partial charge on any atom is -0.368 e. The Morgan fingerprint density at radius 2 is 2.04 bits per heavy atom. The maximum absolute atomic E-state index is 13.4. The lowest BCUT2D eigenvalue weighted by Crippen LogP contribution is -2.51. The molecule has 3 rings (SSSR count). The van der Waals surface area contributed by atoms with E-state index in [2.05, 4.69) is 0 Å². The van der Waals surface area contributed by atoms with Crippen LogP contribution in [-0.2, 0) is 9.53 Å². The van der Waals surface area contributed by atoms with Crippen LogP contribution >= 0.6 is 0 Å². The van der Waals surface area contributed by atoms with Crippen molar-refractivity contribution in [3.63, 3.8) is 0 Å². The molecule has 2 fully saturated rings. The molecule has 7 nitrogen and oxygen atoms in total. The second kappa shape index (κ2) is 6.49. The molecule has 23 heavy (non-hydrogen) atoms. The number of nitro benzene ring substituents is 1. The lowest BCUT2D eigenvalue weighted by Gasteiger charge is -2.36. The number of amides is 1. The Balaban J connectivity index is 1.68. The maximum atomic E-state index is 13.4. The van der Waals surface area contributed by atoms with Crippen molar-refractivity contribution in [2.45, 2.75) is 18.9 Å². The van der Waals surface area contributed by atoms with Gasteiger partial charge in [0.05, 0.1) is 4.92 Å². The zero-order valence-corrected chi connectivity index (χ0v) is 12.6. The van der Waals surface area contributed by atoms with Gasteiger partial charge in [0, 0.05) is 44.9 Å². The Hall–Kier alpha value is -2.22. The molecule has 0 aromatic heterocycles. The van der Waals surface area contributed by atoms with E-state index in [-0.39, 0.29) is 23.4 Å². The summed E-state index contributed by atoms with van der Waals surface area (Å²) in [4.78, 5) is 26.3. The molecule has 2 heterocycles. The largest absolute Gasteiger partial charge is 0.368 e. The van der Waals surface area contributed by atoms with Gasteiger partial charge in [0.1, 0.15) is 17.6 Å². The van der Waals surface area contributed by atoms with Crippen LogP contribution in [-0.4, -0.2) is 54.6 Å². The molecule has 2 aliphatic heterocycles. The van der Waals surface area contributed by atoms with Crippen LogP contribution < -0.4 is 4.90 Å². The molecule has 1 aromatic rings. The molecule has 1 amide bonds. The highest BCUT2D eigenvalue weighted by atomic mass is 19.1. The van der Waals surface area contributed by atoms with Crippen LogP contribution in [0, 0.1) is 15.9 Å². The predicted octanol–water partition coefficient (Wildman–Crippen LogP) is 1.56. The van der Waals surface area contributed by atoms with Gasteiger partial charge in [-0.1, -0.05) is 0 Å². The second-order valence-corrected chi connectivity index (χ2v) is 5.70. The van der Waals surface area contributed by atoms with E-state index < -0.39 is 10.7 Å². The summed E-state index contributed by atoms with van der Waals surface area (Å²) in [6.07, 6.45) is 1.28. The fourth-order valence-corrected chi connectivity index (χ4v) is 3.05. The third-order valence-electron chi connectivity index (χ3n) is 4.27. The maximum Gasteiger partial charge on any atom is 0.292 e. The predicted molar refractivity (Wildman–Crippen MR) is 80.8 cm³/mol. The molecule has 0 radical (unpaired) electrons. The Morgan fingerprint density at radius 3 is 2.65 bits per heavy atom. The van der Waals surface area contributed by atoms with E-state index in [0.29, 0.717) is 32.8 Å². The number of anilines is 1. The standard InChI is InChI=1S/C15H18FN3O4/c16-11-3-4-12(19(21)22)13(10-11)17-5-7-18(8-6-17)15(20)14-2-1-9-23-14/h3-4,10,14H,1-2,5-9H2. The number of halogens is 1. The third-order valence-corrected chi connectivity index (χ3v) is 4.27. The van der Waals surface area contributed by atoms with Crippen molar-refractivity contribution in [3.8, 4) is 0 Å². The van der Waals surface area contributed by atoms with Crippen molar-refractivity contribution in [2.24, 2.45) is 0 Å². The number of piperazine rings is 1. The number of hydrogen-bond acceptors (Lipinski definition) is 5. The van der Waals surface area contributed by atoms with Crippen LogP contribution in [0.15, 0.2) is 18.2 Å². The zero-order valence-electron chi connectivity index (χ0n) is 12.6. The van der Waals surface area contributed by atoms with Crippen molar-refractivity contribution in [1.29, 1.82) is 0 Å². The fraction of sp³-hybridized carbons (Fsp3) is 0.533. The average molecular weight is 323 g/mol. The summed E-state index contributed by atoms with van der Waals surface area (Å²) in [6.45, 7) is 2.39. The van der Waals surface area contributed by atoms with Crippen LogP contribution in [0.5, 0.6) is 0 Å². The van der Waals surface area contributed by atoms with E-state index in [9.17, 15) is 19.3 Å². The molecule has 0 aliphatic carbocycles. The molecule has 2 saturated heterocycles. The van der Waals surface area contributed by atoms with Crippen LogP contribution in [0.1, 0.15) is 12.8 Å². The topological polar surface area (TPSA) is 75.9 Å². The number of rotatable bonds is 3. The monoisotopic (exact) mass is 323 g/mol. The molecule has 1 aromatic carbocycles. The highest BCUT2D eigenvalue weighted by Gasteiger charge is 2.31. The Kier molecular flexibility index (Phi) is 4.42. The summed E-state index contributed by atoms with van der Waals surface area (Å²) in [5.41, 5.74) is 0.143. The van der Waals surface area contributed by atoms with Crippen LogP contribution in [0.2, 0.25) is 0 Å². The molecule has 0 N–H and O–H groups in total. The lowest BCUT2D eigenvalue weighted by molar-refractivity contribution is -0.384. The zero-order chi connectivity index (χ0) is 16.4. The first-order valence-corrected chi connectivity index (χ1v) is 7.65. The van der Waals surface area contributed by atoms with Crippen molar-refractivity contribution >= 4 is 17.3 Å². The minimum atomic E-state index is -0.515. The highest BCUT2D eigenvalue weighted by molar-refractivity contribution is 5.81. The normalized spacial score (nSPS) is 21.5. The summed E-state index contributed by atoms with van der Waals surface area (Å²) in [6, 6.07) is 3.43. The Morgan fingerprint density at radius 1 is 1.30 bits per heavy atom. The Bertz CT molecular complexity index is 611. The summed E-state index contributed by atoms with van der Waals surface area (Å²) < 4.78 is 18.8. The molecule has 124 valence electrons. The molecule has 0 saturated carbocycles. The van der Waals surface area contributed by atoms with Gasteiger partial charge < -0.3 is 14.5 Å². The van der Waals surface area contributed by atoms with E-state index in [1.54, 1.807) is 9.80 Å². The van der Waals surface area contributed by atoms with Crippen LogP contribution in [0.3, 0.4) is 0 Å². The van der Waals surface area contributed by atoms with Crippen LogP contribution in [0.25, 0.3) is 0 Å². The van der Waals surface area contributed by atoms with Crippen molar-refractivity contribution in [2.75, 3.05) is 37.7 Å². The van der Waals surface area contributed by atoms with Gasteiger partial charge in [-0.3, -0.25) is 14.9 Å². The first-order valence-electron chi connectivity index (χ1n) is 7.65. The molecular weight excluding hydrogens is 305 g/mol. The molecular formula is C15H18FN3O4. The van der Waals surface area contributed by atoms with Crippen molar-refractivity contribution < 1.29 is 18.8 Å². The highest BCUT2D eigenvalue weighted by Crippen LogP contribution is 2.30. The number of nitro groups is 1.